The number of hydrogen-bond acceptors (Lipinski definition) is 32. The lowest BCUT2D eigenvalue weighted by Crippen LogP contribution is -2.63. The van der Waals surface area contributed by atoms with Crippen LogP contribution >= 0.6 is 0 Å². The Labute approximate surface area is 838 Å². The number of ether oxygens (including phenoxy) is 10. The zero-order chi connectivity index (χ0) is 108. The second-order valence-corrected chi connectivity index (χ2v) is 38.1. The number of carbonyl (C=O) groups excluding carboxylic acids is 19. The van der Waals surface area contributed by atoms with E-state index in [1.807, 2.05) is 45.9 Å². The molecule has 35 heteroatoms. The van der Waals surface area contributed by atoms with Crippen LogP contribution in [0, 0.1) is 39.9 Å². The molecular weight excluding hydrogens is 1840 g/mol. The summed E-state index contributed by atoms with van der Waals surface area (Å²) in [5.41, 5.74) is 12.9. The molecule has 6 amide bonds. The highest BCUT2D eigenvalue weighted by molar-refractivity contribution is 6.22. The number of esters is 5. The van der Waals surface area contributed by atoms with Gasteiger partial charge in [0.15, 0.2) is 0 Å². The van der Waals surface area contributed by atoms with Crippen LogP contribution in [0.25, 0.3) is 0 Å². The Hall–Kier alpha value is -10.9. The summed E-state index contributed by atoms with van der Waals surface area (Å²) in [7, 11) is 0. The molecule has 142 heavy (non-hydrogen) atoms. The van der Waals surface area contributed by atoms with E-state index in [9.17, 15) is 57.9 Å². The third-order valence-corrected chi connectivity index (χ3v) is 25.5. The van der Waals surface area contributed by atoms with E-state index >= 15 is 0 Å². The maximum atomic E-state index is 13.4. The van der Waals surface area contributed by atoms with Gasteiger partial charge in [0.25, 0.3) is 23.6 Å². The van der Waals surface area contributed by atoms with Gasteiger partial charge in [-0.2, -0.15) is 38.4 Å². The normalized spacial score (nSPS) is 22.0. The van der Waals surface area contributed by atoms with Crippen LogP contribution in [-0.2, 0) is 119 Å². The third kappa shape index (κ3) is 38.7. The van der Waals surface area contributed by atoms with Crippen molar-refractivity contribution < 1.29 is 144 Å². The molecule has 0 saturated heterocycles. The highest BCUT2D eigenvalue weighted by Crippen LogP contribution is 2.46. The largest absolute Gasteiger partial charge is 0.463 e. The number of nitrogens with one attached hydrogen (secondary N) is 1. The lowest BCUT2D eigenvalue weighted by atomic mass is 9.66. The highest BCUT2D eigenvalue weighted by atomic mass is 16.6. The maximum Gasteiger partial charge on any atom is 0.373 e. The molecule has 5 aliphatic carbocycles. The van der Waals surface area contributed by atoms with Crippen molar-refractivity contribution in [3.05, 3.63) is 129 Å². The molecule has 2 heterocycles. The van der Waals surface area contributed by atoms with Gasteiger partial charge in [-0.05, 0) is 207 Å². The Kier molecular flexibility index (Phi) is 59.5. The minimum Gasteiger partial charge on any atom is -0.463 e. The van der Waals surface area contributed by atoms with Crippen LogP contribution < -0.4 is 11.2 Å². The quantitative estimate of drug-likeness (QED) is 0.0253. The molecule has 4 N–H and O–H groups in total. The number of hydroxylamine groups is 1. The van der Waals surface area contributed by atoms with Gasteiger partial charge in [0.1, 0.15) is 0 Å². The highest BCUT2D eigenvalue weighted by Gasteiger charge is 2.53. The Bertz CT molecular complexity index is 4470. The summed E-state index contributed by atoms with van der Waals surface area (Å²) in [6, 6.07) is 10.5. The summed E-state index contributed by atoms with van der Waals surface area (Å²) in [6.45, 7) is 55.7. The van der Waals surface area contributed by atoms with E-state index in [2.05, 4.69) is 130 Å². The van der Waals surface area contributed by atoms with E-state index in [-0.39, 0.29) is 192 Å². The molecule has 0 aromatic heterocycles. The van der Waals surface area contributed by atoms with E-state index in [0.717, 1.165) is 73.2 Å². The fourth-order valence-electron chi connectivity index (χ4n) is 19.2. The van der Waals surface area contributed by atoms with E-state index < -0.39 is 59.8 Å². The van der Waals surface area contributed by atoms with Gasteiger partial charge in [-0.1, -0.05) is 163 Å². The van der Waals surface area contributed by atoms with E-state index in [1.54, 1.807) is 81.5 Å². The smallest absolute Gasteiger partial charge is 0.373 e. The first kappa shape index (κ1) is 129. The zero-order valence-corrected chi connectivity index (χ0v) is 88.5. The van der Waals surface area contributed by atoms with Crippen LogP contribution in [0.5, 0.6) is 0 Å². The number of nitrogens with two attached hydrogens (primary N) is 1. The summed E-state index contributed by atoms with van der Waals surface area (Å²) >= 11 is 0. The number of amides is 6. The van der Waals surface area contributed by atoms with Gasteiger partial charge in [0.2, 0.25) is 11.8 Å². The van der Waals surface area contributed by atoms with Gasteiger partial charge < -0.3 is 58.3 Å². The average molecular weight is 2000 g/mol. The molecule has 14 atom stereocenters. The first-order valence-corrected chi connectivity index (χ1v) is 49.6. The summed E-state index contributed by atoms with van der Waals surface area (Å²) in [5.74, 6) is -3.50. The minimum absolute atomic E-state index is 0.00643. The summed E-state index contributed by atoms with van der Waals surface area (Å²) in [5, 5.41) is 9.64. The van der Waals surface area contributed by atoms with Crippen molar-refractivity contribution in [2.75, 3.05) is 33.0 Å². The molecule has 0 spiro atoms. The van der Waals surface area contributed by atoms with Crippen LogP contribution in [0.15, 0.2) is 107 Å². The fraction of sp³-hybridized carbons (Fsp3) is 0.654. The molecule has 0 radical (unpaired) electrons. The molecule has 2 aromatic rings. The summed E-state index contributed by atoms with van der Waals surface area (Å²) in [6.07, 6.45) is 20.3. The van der Waals surface area contributed by atoms with Crippen LogP contribution in [0.4, 0.5) is 0 Å². The Balaban J connectivity index is 0.000000871. The Morgan fingerprint density at radius 1 is 0.387 bits per heavy atom. The van der Waals surface area contributed by atoms with Crippen LogP contribution in [0.3, 0.4) is 0 Å². The standard InChI is InChI=1S/C26H32N2O7.C22H27NO5.C19H34O3.C18H33NO4.C18H33NO3.4CO2/c1-6-18(7-2)35-22-14-17(26(33)34-8-3)13-21(23(22)27(15(4)29)16(5)30)28-24(31)19-11-9-10-12-20(19)25(28)32;1-4-16(5-2)28-17-12-14(22(26)27-6-3)11-15(13-17)23-20(24)18-9-7-8-10-19(18)21(23)25;1-8-15(9-2)22-16-12-14(18(20)21-10-3)11-13(4)17(16)19(5,6)7;1-7-13(8-2)23-15-11-12(17(20)22-9-3)10-14(19-21)16(15)18(4,5)6;1-7-13(8-2)22-15-11-12(17(20)21-9-3)10-14(19)16(15)18(4,5)6;4*2-1-3/h9-12,14,18,21-23H,6-8,13H2,1-5H3;7-10,12,15-17H,4-6,11,13H2,1-3H3;12-13,15-17H,8-11H2,1-7H3;11,13-16,19,21H,7-10H2,1-6H3;11,13-16H,7-10,19H2,1-6H3;;;;/t21-,22+,23+;15-,17+;13-,16+,17+;2*14-,15+,16+;;;;/m00000..../s1. The molecule has 0 fully saturated rings. The van der Waals surface area contributed by atoms with Gasteiger partial charge in [-0.15, -0.1) is 0 Å². The molecule has 0 saturated carbocycles. The average Bonchev–Trinajstić information content (AvgIpc) is 1.56. The maximum absolute atomic E-state index is 13.4. The first-order valence-electron chi connectivity index (χ1n) is 49.6. The van der Waals surface area contributed by atoms with Crippen molar-refractivity contribution in [2.45, 2.75) is 381 Å². The Morgan fingerprint density at radius 2 is 0.655 bits per heavy atom. The molecule has 2 aromatic carbocycles. The van der Waals surface area contributed by atoms with E-state index in [0.29, 0.717) is 91.6 Å². The lowest BCUT2D eigenvalue weighted by Gasteiger charge is -2.45. The van der Waals surface area contributed by atoms with Crippen LogP contribution in [0.2, 0.25) is 0 Å². The first-order chi connectivity index (χ1) is 67.1. The molecular formula is C107H159N5O30. The summed E-state index contributed by atoms with van der Waals surface area (Å²) < 4.78 is 57.2. The summed E-state index contributed by atoms with van der Waals surface area (Å²) in [4.78, 5) is 208. The van der Waals surface area contributed by atoms with Gasteiger partial charge >= 0.3 is 54.5 Å². The van der Waals surface area contributed by atoms with Crippen molar-refractivity contribution in [3.8, 4) is 0 Å². The molecule has 9 rings (SSSR count). The van der Waals surface area contributed by atoms with E-state index in [1.165, 1.54) is 18.7 Å². The van der Waals surface area contributed by atoms with Gasteiger partial charge in [0, 0.05) is 84.5 Å². The van der Waals surface area contributed by atoms with Crippen LogP contribution in [0.1, 0.15) is 331 Å². The number of benzene rings is 2. The second-order valence-electron chi connectivity index (χ2n) is 38.1. The Morgan fingerprint density at radius 3 is 0.958 bits per heavy atom. The number of fused-ring (bicyclic) bond motifs is 2. The van der Waals surface area contributed by atoms with Crippen molar-refractivity contribution in [3.63, 3.8) is 0 Å². The number of rotatable bonds is 34. The third-order valence-electron chi connectivity index (χ3n) is 25.5. The number of hydrogen-bond donors (Lipinski definition) is 3. The van der Waals surface area contributed by atoms with Crippen molar-refractivity contribution >= 4 is 89.9 Å². The molecule has 2 aliphatic heterocycles. The second kappa shape index (κ2) is 65.4. The van der Waals surface area contributed by atoms with Crippen molar-refractivity contribution in [1.29, 1.82) is 0 Å². The topological polar surface area (TPSA) is 485 Å². The SMILES string of the molecule is CCOC(=O)C1=C[C@@H](OC(CC)CC)C[C@@H](N2C(=O)c3ccccc3C2=O)C1.CCOC(=O)C1=C[C@@H](OC(CC)CC)[C@H](C(C)(C)C)[C@@H](C)C1.CCOC(=O)C1=C[C@@H](OC(CC)CC)[C@H](C(C)(C)C)[C@@H](N)C1.CCOC(=O)C1=C[C@@H](OC(CC)CC)[C@H](C(C)(C)C)[C@@H](NO)C1.CCOC(=O)C1=C[C@@H](OC(CC)CC)[C@H](N(C(C)=O)C(C)=O)[C@@H](N2C(=O)c3ccccc3C2=O)C1.O=C=O.O=C=O.O=C=O.O=C=O. The molecule has 0 unspecified atom stereocenters. The van der Waals surface area contributed by atoms with Crippen molar-refractivity contribution in [2.24, 2.45) is 45.7 Å². The predicted octanol–water partition coefficient (Wildman–Crippen LogP) is 15.7. The number of carbonyl (C=O) groups is 11. The lowest BCUT2D eigenvalue weighted by molar-refractivity contribution is -0.193. The van der Waals surface area contributed by atoms with Gasteiger partial charge in [-0.3, -0.25) is 43.5 Å². The molecule has 7 aliphatic rings. The van der Waals surface area contributed by atoms with Gasteiger partial charge in [-0.25, -0.2) is 29.5 Å². The van der Waals surface area contributed by atoms with Gasteiger partial charge in [0.05, 0.1) is 128 Å². The zero-order valence-electron chi connectivity index (χ0n) is 88.5. The fourth-order valence-corrected chi connectivity index (χ4v) is 19.2. The predicted molar refractivity (Wildman–Crippen MR) is 521 cm³/mol. The number of imide groups is 3. The van der Waals surface area contributed by atoms with E-state index in [4.69, 9.17) is 91.5 Å². The minimum atomic E-state index is -1.01. The van der Waals surface area contributed by atoms with Crippen molar-refractivity contribution in [1.82, 2.24) is 20.2 Å². The molecule has 0 bridgehead atoms. The molecule has 35 nitrogen and oxygen atoms in total. The van der Waals surface area contributed by atoms with Crippen LogP contribution in [-0.4, -0.2) is 234 Å². The number of nitrogens with zero attached hydrogens (tertiary/aromatic N) is 3. The molecule has 792 valence electrons. The monoisotopic (exact) mass is 1990 g/mol.